The Morgan fingerprint density at radius 3 is 2.77 bits per heavy atom. The van der Waals surface area contributed by atoms with Gasteiger partial charge in [-0.15, -0.1) is 0 Å². The first-order chi connectivity index (χ1) is 6.09. The third-order valence-electron chi connectivity index (χ3n) is 2.26. The molecule has 1 aliphatic rings. The van der Waals surface area contributed by atoms with Crippen molar-refractivity contribution in [2.24, 2.45) is 0 Å². The van der Waals surface area contributed by atoms with Gasteiger partial charge in [0.15, 0.2) is 0 Å². The Labute approximate surface area is 94.8 Å². The standard InChI is InChI=1S/C9H7BrCl2O/c10-7-3-5-6(9(7)13)1-4(11)2-8(5)12/h1-2,7,9,13H,3H2. The largest absolute Gasteiger partial charge is 0.387 e. The van der Waals surface area contributed by atoms with Crippen LogP contribution in [-0.4, -0.2) is 9.93 Å². The van der Waals surface area contributed by atoms with Gasteiger partial charge in [0, 0.05) is 14.9 Å². The molecule has 2 unspecified atom stereocenters. The average molecular weight is 282 g/mol. The summed E-state index contributed by atoms with van der Waals surface area (Å²) < 4.78 is 0. The molecule has 0 amide bonds. The van der Waals surface area contributed by atoms with E-state index in [1.807, 2.05) is 0 Å². The molecular weight excluding hydrogens is 275 g/mol. The van der Waals surface area contributed by atoms with E-state index in [4.69, 9.17) is 23.2 Å². The molecule has 1 N–H and O–H groups in total. The quantitative estimate of drug-likeness (QED) is 0.723. The minimum atomic E-state index is -0.494. The molecule has 0 bridgehead atoms. The lowest BCUT2D eigenvalue weighted by atomic mass is 10.1. The van der Waals surface area contributed by atoms with Crippen molar-refractivity contribution in [3.05, 3.63) is 33.3 Å². The molecule has 1 aromatic rings. The van der Waals surface area contributed by atoms with Crippen LogP contribution in [0, 0.1) is 0 Å². The number of aliphatic hydroxyl groups excluding tert-OH is 1. The van der Waals surface area contributed by atoms with Gasteiger partial charge in [-0.3, -0.25) is 0 Å². The molecule has 0 spiro atoms. The second kappa shape index (κ2) is 3.43. The Morgan fingerprint density at radius 1 is 1.38 bits per heavy atom. The van der Waals surface area contributed by atoms with Gasteiger partial charge >= 0.3 is 0 Å². The number of alkyl halides is 1. The third kappa shape index (κ3) is 1.61. The maximum absolute atomic E-state index is 9.73. The highest BCUT2D eigenvalue weighted by Crippen LogP contribution is 2.40. The van der Waals surface area contributed by atoms with E-state index in [-0.39, 0.29) is 4.83 Å². The molecule has 0 aromatic heterocycles. The lowest BCUT2D eigenvalue weighted by Crippen LogP contribution is -2.03. The van der Waals surface area contributed by atoms with E-state index >= 15 is 0 Å². The minimum absolute atomic E-state index is 0.0541. The molecule has 0 radical (unpaired) electrons. The maximum Gasteiger partial charge on any atom is 0.0921 e. The smallest absolute Gasteiger partial charge is 0.0921 e. The molecule has 0 heterocycles. The van der Waals surface area contributed by atoms with Gasteiger partial charge in [0.2, 0.25) is 0 Å². The molecule has 4 heteroatoms. The summed E-state index contributed by atoms with van der Waals surface area (Å²) in [5, 5.41) is 11.0. The van der Waals surface area contributed by atoms with E-state index in [9.17, 15) is 5.11 Å². The highest BCUT2D eigenvalue weighted by atomic mass is 79.9. The topological polar surface area (TPSA) is 20.2 Å². The van der Waals surface area contributed by atoms with Crippen molar-refractivity contribution >= 4 is 39.1 Å². The summed E-state index contributed by atoms with van der Waals surface area (Å²) in [5.41, 5.74) is 1.85. The molecule has 0 aliphatic heterocycles. The van der Waals surface area contributed by atoms with Crippen LogP contribution in [0.2, 0.25) is 10.0 Å². The van der Waals surface area contributed by atoms with Crippen LogP contribution in [0.5, 0.6) is 0 Å². The number of halogens is 3. The molecule has 1 aromatic carbocycles. The molecule has 70 valence electrons. The van der Waals surface area contributed by atoms with Crippen molar-refractivity contribution in [2.75, 3.05) is 0 Å². The first kappa shape index (κ1) is 9.78. The Hall–Kier alpha value is 0.240. The summed E-state index contributed by atoms with van der Waals surface area (Å²) in [6.45, 7) is 0. The van der Waals surface area contributed by atoms with Crippen molar-refractivity contribution in [3.63, 3.8) is 0 Å². The van der Waals surface area contributed by atoms with Crippen LogP contribution in [-0.2, 0) is 6.42 Å². The average Bonchev–Trinajstić information content (AvgIpc) is 2.32. The Kier molecular flexibility index (Phi) is 2.58. The van der Waals surface area contributed by atoms with E-state index < -0.39 is 6.10 Å². The van der Waals surface area contributed by atoms with Crippen LogP contribution < -0.4 is 0 Å². The summed E-state index contributed by atoms with van der Waals surface area (Å²) in [6.07, 6.45) is 0.262. The SMILES string of the molecule is OC1c2cc(Cl)cc(Cl)c2CC1Br. The second-order valence-electron chi connectivity index (χ2n) is 3.12. The number of benzene rings is 1. The Balaban J connectivity index is 2.57. The molecular formula is C9H7BrCl2O. The van der Waals surface area contributed by atoms with E-state index in [0.717, 1.165) is 17.5 Å². The fourth-order valence-electron chi connectivity index (χ4n) is 1.60. The number of fused-ring (bicyclic) bond motifs is 1. The second-order valence-corrected chi connectivity index (χ2v) is 5.14. The fraction of sp³-hybridized carbons (Fsp3) is 0.333. The van der Waals surface area contributed by atoms with Crippen molar-refractivity contribution in [3.8, 4) is 0 Å². The zero-order chi connectivity index (χ0) is 9.59. The summed E-state index contributed by atoms with van der Waals surface area (Å²) in [5.74, 6) is 0. The summed E-state index contributed by atoms with van der Waals surface area (Å²) >= 11 is 15.2. The van der Waals surface area contributed by atoms with Gasteiger partial charge in [-0.05, 0) is 29.7 Å². The third-order valence-corrected chi connectivity index (χ3v) is 3.64. The monoisotopic (exact) mass is 280 g/mol. The highest BCUT2D eigenvalue weighted by molar-refractivity contribution is 9.09. The van der Waals surface area contributed by atoms with Crippen molar-refractivity contribution < 1.29 is 5.11 Å². The van der Waals surface area contributed by atoms with E-state index in [2.05, 4.69) is 15.9 Å². The van der Waals surface area contributed by atoms with Gasteiger partial charge in [-0.25, -0.2) is 0 Å². The van der Waals surface area contributed by atoms with E-state index in [0.29, 0.717) is 10.0 Å². The lowest BCUT2D eigenvalue weighted by molar-refractivity contribution is 0.187. The first-order valence-electron chi connectivity index (χ1n) is 3.89. The fourth-order valence-corrected chi connectivity index (χ4v) is 2.80. The summed E-state index contributed by atoms with van der Waals surface area (Å²) in [6, 6.07) is 3.48. The van der Waals surface area contributed by atoms with Crippen molar-refractivity contribution in [1.82, 2.24) is 0 Å². The number of rotatable bonds is 0. The van der Waals surface area contributed by atoms with Crippen LogP contribution in [0.15, 0.2) is 12.1 Å². The molecule has 0 fully saturated rings. The van der Waals surface area contributed by atoms with Crippen LogP contribution in [0.25, 0.3) is 0 Å². The van der Waals surface area contributed by atoms with Gasteiger partial charge in [-0.2, -0.15) is 0 Å². The van der Waals surface area contributed by atoms with E-state index in [1.54, 1.807) is 12.1 Å². The molecule has 13 heavy (non-hydrogen) atoms. The highest BCUT2D eigenvalue weighted by Gasteiger charge is 2.30. The van der Waals surface area contributed by atoms with Crippen molar-refractivity contribution in [2.45, 2.75) is 17.4 Å². The molecule has 0 saturated heterocycles. The van der Waals surface area contributed by atoms with Crippen molar-refractivity contribution in [1.29, 1.82) is 0 Å². The maximum atomic E-state index is 9.73. The Morgan fingerprint density at radius 2 is 2.08 bits per heavy atom. The normalized spacial score (nSPS) is 26.2. The molecule has 1 aliphatic carbocycles. The predicted octanol–water partition coefficient (Wildman–Crippen LogP) is 3.35. The number of aliphatic hydroxyl groups is 1. The summed E-state index contributed by atoms with van der Waals surface area (Å²) in [7, 11) is 0. The van der Waals surface area contributed by atoms with E-state index in [1.165, 1.54) is 0 Å². The minimum Gasteiger partial charge on any atom is -0.387 e. The van der Waals surface area contributed by atoms with Gasteiger partial charge in [-0.1, -0.05) is 39.1 Å². The first-order valence-corrected chi connectivity index (χ1v) is 5.56. The molecule has 2 rings (SSSR count). The van der Waals surface area contributed by atoms with Gasteiger partial charge < -0.3 is 5.11 Å². The zero-order valence-corrected chi connectivity index (χ0v) is 9.70. The van der Waals surface area contributed by atoms with Crippen LogP contribution >= 0.6 is 39.1 Å². The lowest BCUT2D eigenvalue weighted by Gasteiger charge is -2.07. The van der Waals surface area contributed by atoms with Gasteiger partial charge in [0.25, 0.3) is 0 Å². The van der Waals surface area contributed by atoms with Crippen LogP contribution in [0.1, 0.15) is 17.2 Å². The molecule has 2 atom stereocenters. The molecule has 1 nitrogen and oxygen atoms in total. The van der Waals surface area contributed by atoms with Gasteiger partial charge in [0.05, 0.1) is 6.10 Å². The predicted molar refractivity (Wildman–Crippen MR) is 57.8 cm³/mol. The zero-order valence-electron chi connectivity index (χ0n) is 6.60. The Bertz CT molecular complexity index is 354. The number of hydrogen-bond donors (Lipinski definition) is 1. The van der Waals surface area contributed by atoms with Gasteiger partial charge in [0.1, 0.15) is 0 Å². The van der Waals surface area contributed by atoms with Crippen LogP contribution in [0.4, 0.5) is 0 Å². The summed E-state index contributed by atoms with van der Waals surface area (Å²) in [4.78, 5) is 0.0541. The molecule has 0 saturated carbocycles. The van der Waals surface area contributed by atoms with Crippen LogP contribution in [0.3, 0.4) is 0 Å². The number of hydrogen-bond acceptors (Lipinski definition) is 1.